The second-order valence-electron chi connectivity index (χ2n) is 5.22. The van der Waals surface area contributed by atoms with E-state index >= 15 is 0 Å². The molecule has 0 bridgehead atoms. The number of phenols is 1. The summed E-state index contributed by atoms with van der Waals surface area (Å²) in [7, 11) is 2.96. The minimum absolute atomic E-state index is 0.0102. The fourth-order valence-electron chi connectivity index (χ4n) is 2.63. The maximum Gasteiger partial charge on any atom is 0.206 e. The molecule has 1 atom stereocenters. The number of aromatic hydroxyl groups is 1. The molecule has 0 saturated carbocycles. The highest BCUT2D eigenvalue weighted by atomic mass is 16.5. The zero-order chi connectivity index (χ0) is 16.6. The fourth-order valence-corrected chi connectivity index (χ4v) is 2.63. The van der Waals surface area contributed by atoms with Crippen LogP contribution in [0.2, 0.25) is 0 Å². The zero-order valence-electron chi connectivity index (χ0n) is 12.7. The lowest BCUT2D eigenvalue weighted by Crippen LogP contribution is -2.45. The maximum atomic E-state index is 12.8. The van der Waals surface area contributed by atoms with Crippen molar-refractivity contribution < 1.29 is 29.2 Å². The van der Waals surface area contributed by atoms with Gasteiger partial charge in [-0.25, -0.2) is 0 Å². The molecule has 0 unspecified atom stereocenters. The summed E-state index contributed by atoms with van der Waals surface area (Å²) >= 11 is 0. The van der Waals surface area contributed by atoms with E-state index in [1.807, 2.05) is 0 Å². The summed E-state index contributed by atoms with van der Waals surface area (Å²) in [5, 5.41) is 20.4. The Hall–Kier alpha value is -2.73. The van der Waals surface area contributed by atoms with Gasteiger partial charge in [0.05, 0.1) is 19.8 Å². The van der Waals surface area contributed by atoms with E-state index in [4.69, 9.17) is 14.2 Å². The first-order valence-corrected chi connectivity index (χ1v) is 6.95. The first kappa shape index (κ1) is 15.2. The van der Waals surface area contributed by atoms with E-state index in [0.717, 1.165) is 0 Å². The van der Waals surface area contributed by atoms with Crippen molar-refractivity contribution in [2.45, 2.75) is 5.60 Å². The number of carbonyl (C=O) groups is 1. The van der Waals surface area contributed by atoms with E-state index in [1.165, 1.54) is 32.4 Å². The molecule has 23 heavy (non-hydrogen) atoms. The lowest BCUT2D eigenvalue weighted by Gasteiger charge is -2.33. The molecule has 1 heterocycles. The Morgan fingerprint density at radius 2 is 1.91 bits per heavy atom. The molecule has 0 aliphatic carbocycles. The van der Waals surface area contributed by atoms with Crippen molar-refractivity contribution in [3.63, 3.8) is 0 Å². The maximum absolute atomic E-state index is 12.8. The quantitative estimate of drug-likeness (QED) is 0.899. The van der Waals surface area contributed by atoms with Crippen molar-refractivity contribution in [2.75, 3.05) is 20.8 Å². The Morgan fingerprint density at radius 1 is 1.13 bits per heavy atom. The molecule has 0 fully saturated rings. The second-order valence-corrected chi connectivity index (χ2v) is 5.22. The van der Waals surface area contributed by atoms with E-state index in [2.05, 4.69) is 0 Å². The van der Waals surface area contributed by atoms with Crippen LogP contribution in [0.25, 0.3) is 0 Å². The number of ketones is 1. The van der Waals surface area contributed by atoms with Crippen molar-refractivity contribution >= 4 is 5.78 Å². The number of Topliss-reactive ketones (excluding diaryl/α,β-unsaturated/α-hetero) is 1. The van der Waals surface area contributed by atoms with Gasteiger partial charge in [0.1, 0.15) is 29.6 Å². The van der Waals surface area contributed by atoms with Crippen LogP contribution in [0.4, 0.5) is 0 Å². The van der Waals surface area contributed by atoms with Gasteiger partial charge in [0, 0.05) is 17.7 Å². The largest absolute Gasteiger partial charge is 0.508 e. The van der Waals surface area contributed by atoms with Crippen LogP contribution >= 0.6 is 0 Å². The van der Waals surface area contributed by atoms with Crippen LogP contribution in [-0.2, 0) is 5.60 Å². The molecule has 2 aromatic rings. The van der Waals surface area contributed by atoms with Gasteiger partial charge in [-0.2, -0.15) is 0 Å². The van der Waals surface area contributed by atoms with Crippen LogP contribution < -0.4 is 14.2 Å². The first-order chi connectivity index (χ1) is 11.0. The van der Waals surface area contributed by atoms with Crippen LogP contribution in [0.15, 0.2) is 36.4 Å². The molecule has 2 aromatic carbocycles. The van der Waals surface area contributed by atoms with Crippen molar-refractivity contribution in [1.82, 2.24) is 0 Å². The molecule has 2 N–H and O–H groups in total. The van der Waals surface area contributed by atoms with Gasteiger partial charge in [0.25, 0.3) is 0 Å². The number of carbonyl (C=O) groups excluding carboxylic acids is 1. The fraction of sp³-hybridized carbons (Fsp3) is 0.235. The predicted molar refractivity (Wildman–Crippen MR) is 81.4 cm³/mol. The van der Waals surface area contributed by atoms with Crippen LogP contribution in [-0.4, -0.2) is 36.8 Å². The molecule has 6 nitrogen and oxygen atoms in total. The summed E-state index contributed by atoms with van der Waals surface area (Å²) in [4.78, 5) is 12.8. The van der Waals surface area contributed by atoms with Crippen LogP contribution in [0.1, 0.15) is 15.9 Å². The number of hydrogen-bond donors (Lipinski definition) is 2. The van der Waals surface area contributed by atoms with Gasteiger partial charge in [-0.1, -0.05) is 0 Å². The van der Waals surface area contributed by atoms with Crippen molar-refractivity contribution in [3.8, 4) is 23.0 Å². The Morgan fingerprint density at radius 3 is 2.61 bits per heavy atom. The molecular weight excluding hydrogens is 300 g/mol. The lowest BCUT2D eigenvalue weighted by atomic mass is 9.84. The number of rotatable bonds is 3. The summed E-state index contributed by atoms with van der Waals surface area (Å²) in [5.74, 6) is 0.591. The number of phenolic OH excluding ortho intramolecular Hbond substituents is 1. The summed E-state index contributed by atoms with van der Waals surface area (Å²) in [5.41, 5.74) is -1.37. The standard InChI is InChI=1S/C17H16O6/c1-21-11-4-6-13(15(8-11)22-2)17(20)9-23-14-7-10(18)3-5-12(14)16(17)19/h3-8,18,20H,9H2,1-2H3/t17-/m1/s1. The predicted octanol–water partition coefficient (Wildman–Crippen LogP) is 1.87. The number of hydrogen-bond acceptors (Lipinski definition) is 6. The molecular formula is C17H16O6. The molecule has 0 spiro atoms. The highest BCUT2D eigenvalue weighted by Gasteiger charge is 2.46. The van der Waals surface area contributed by atoms with Gasteiger partial charge < -0.3 is 24.4 Å². The Labute approximate surface area is 132 Å². The Bertz CT molecular complexity index is 770. The van der Waals surface area contributed by atoms with E-state index < -0.39 is 11.4 Å². The number of methoxy groups -OCH3 is 2. The minimum atomic E-state index is -1.87. The SMILES string of the molecule is COc1ccc([C@]2(O)COc3cc(O)ccc3C2=O)c(OC)c1. The molecule has 1 aliphatic heterocycles. The van der Waals surface area contributed by atoms with Gasteiger partial charge in [-0.3, -0.25) is 4.79 Å². The molecule has 3 rings (SSSR count). The van der Waals surface area contributed by atoms with Crippen LogP contribution in [0.5, 0.6) is 23.0 Å². The molecule has 0 amide bonds. The molecule has 1 aliphatic rings. The van der Waals surface area contributed by atoms with Crippen molar-refractivity contribution in [3.05, 3.63) is 47.5 Å². The summed E-state index contributed by atoms with van der Waals surface area (Å²) in [6, 6.07) is 8.94. The number of fused-ring (bicyclic) bond motifs is 1. The van der Waals surface area contributed by atoms with Gasteiger partial charge in [0.2, 0.25) is 5.78 Å². The van der Waals surface area contributed by atoms with E-state index in [1.54, 1.807) is 18.2 Å². The Balaban J connectivity index is 2.09. The molecule has 0 aromatic heterocycles. The third-order valence-electron chi connectivity index (χ3n) is 3.88. The summed E-state index contributed by atoms with van der Waals surface area (Å²) < 4.78 is 15.9. The third-order valence-corrected chi connectivity index (χ3v) is 3.88. The van der Waals surface area contributed by atoms with E-state index in [0.29, 0.717) is 17.1 Å². The summed E-state index contributed by atoms with van der Waals surface area (Å²) in [6.07, 6.45) is 0. The zero-order valence-corrected chi connectivity index (χ0v) is 12.7. The minimum Gasteiger partial charge on any atom is -0.508 e. The van der Waals surface area contributed by atoms with Gasteiger partial charge in [-0.05, 0) is 24.3 Å². The van der Waals surface area contributed by atoms with Gasteiger partial charge in [-0.15, -0.1) is 0 Å². The average molecular weight is 316 g/mol. The Kier molecular flexibility index (Phi) is 3.61. The van der Waals surface area contributed by atoms with Crippen LogP contribution in [0, 0.1) is 0 Å². The first-order valence-electron chi connectivity index (χ1n) is 6.95. The van der Waals surface area contributed by atoms with Gasteiger partial charge in [0.15, 0.2) is 5.60 Å². The molecule has 0 radical (unpaired) electrons. The van der Waals surface area contributed by atoms with Crippen molar-refractivity contribution in [2.24, 2.45) is 0 Å². The topological polar surface area (TPSA) is 85.2 Å². The van der Waals surface area contributed by atoms with E-state index in [9.17, 15) is 15.0 Å². The van der Waals surface area contributed by atoms with E-state index in [-0.39, 0.29) is 23.7 Å². The monoisotopic (exact) mass is 316 g/mol. The number of ether oxygens (including phenoxy) is 3. The highest BCUT2D eigenvalue weighted by molar-refractivity contribution is 6.06. The molecule has 0 saturated heterocycles. The second kappa shape index (κ2) is 5.48. The smallest absolute Gasteiger partial charge is 0.206 e. The third kappa shape index (κ3) is 2.37. The normalized spacial score (nSPS) is 19.7. The molecule has 6 heteroatoms. The van der Waals surface area contributed by atoms with Gasteiger partial charge >= 0.3 is 0 Å². The lowest BCUT2D eigenvalue weighted by molar-refractivity contribution is -0.00634. The number of aliphatic hydroxyl groups is 1. The molecule has 120 valence electrons. The van der Waals surface area contributed by atoms with Crippen LogP contribution in [0.3, 0.4) is 0 Å². The van der Waals surface area contributed by atoms with Crippen molar-refractivity contribution in [1.29, 1.82) is 0 Å². The average Bonchev–Trinajstić information content (AvgIpc) is 2.57. The summed E-state index contributed by atoms with van der Waals surface area (Å²) in [6.45, 7) is -0.273. The number of benzene rings is 2. The highest BCUT2D eigenvalue weighted by Crippen LogP contribution is 2.41.